The first-order chi connectivity index (χ1) is 42.0. The van der Waals surface area contributed by atoms with Gasteiger partial charge in [-0.05, 0) is 99.3 Å². The van der Waals surface area contributed by atoms with Gasteiger partial charge in [0, 0.05) is 31.9 Å². The molecule has 0 saturated heterocycles. The average Bonchev–Trinajstić information content (AvgIpc) is 3.51. The fourth-order valence-electron chi connectivity index (χ4n) is 6.47. The van der Waals surface area contributed by atoms with Gasteiger partial charge >= 0.3 is 24.1 Å². The van der Waals surface area contributed by atoms with Crippen molar-refractivity contribution >= 4 is 70.7 Å². The third kappa shape index (κ3) is 32.5. The van der Waals surface area contributed by atoms with Gasteiger partial charge in [0.2, 0.25) is 23.8 Å². The Labute approximate surface area is 504 Å². The van der Waals surface area contributed by atoms with E-state index in [1.54, 1.807) is 107 Å². The molecule has 7 rings (SSSR count). The highest BCUT2D eigenvalue weighted by molar-refractivity contribution is 5.98. The lowest BCUT2D eigenvalue weighted by Gasteiger charge is -2.15. The Morgan fingerprint density at radius 2 is 0.667 bits per heavy atom. The van der Waals surface area contributed by atoms with E-state index in [2.05, 4.69) is 82.4 Å². The molecule has 87 heavy (non-hydrogen) atoms. The number of ether oxygens (including phenoxy) is 4. The molecular weight excluding hydrogens is 1120 g/mol. The Morgan fingerprint density at radius 1 is 0.391 bits per heavy atom. The molecule has 16 N–H and O–H groups in total. The molecule has 28 nitrogen and oxygen atoms in total. The van der Waals surface area contributed by atoms with Crippen LogP contribution < -0.4 is 65.5 Å². The molecule has 8 amide bonds. The first kappa shape index (κ1) is 68.6. The standard InChI is InChI=1S/C17H21N5O2.2C16H19N5O2.C10H15N5O2/c1-13(24-11-9-14-6-3-2-4-7-14)20-17(23)22-16(18)21-15-8-5-10-19-12-15;2*1-12(23-11-13-6-3-2-4-7-13)19-16(22)21-15(17)20-14-8-5-9-18-10-14;1-7(17-2)13-10(16)15-9(11)14-8-4-3-5-12-6-8/h2-8,10,12-13H,9,11H2,1H3,(H4,18,20,21,22,23);2*2-10,12H,11H2,1H3,(H4,17,19,20,21,22);3-7H,1-2H3,(H4,11,13,14,15,16). The number of carbonyl (C=O) groups excluding carboxylic acids is 4. The number of nitrogens with two attached hydrogens (primary N) is 4. The molecule has 0 fully saturated rings. The Balaban J connectivity index is 0.000000250. The summed E-state index contributed by atoms with van der Waals surface area (Å²) in [5.41, 5.74) is 28.0. The highest BCUT2D eigenvalue weighted by Gasteiger charge is 2.12. The number of amides is 8. The second kappa shape index (κ2) is 40.3. The third-order valence-corrected chi connectivity index (χ3v) is 10.5. The lowest BCUT2D eigenvalue weighted by Crippen LogP contribution is -2.47. The monoisotopic (exact) mass is 1190 g/mol. The van der Waals surface area contributed by atoms with E-state index < -0.39 is 49.0 Å². The van der Waals surface area contributed by atoms with E-state index in [0.717, 1.165) is 17.5 Å². The third-order valence-electron chi connectivity index (χ3n) is 10.5. The number of aliphatic imine (C=N–C) groups is 4. The normalized spacial score (nSPS) is 12.6. The molecule has 4 aromatic heterocycles. The molecule has 0 bridgehead atoms. The number of hydrogen-bond donors (Lipinski definition) is 12. The van der Waals surface area contributed by atoms with E-state index in [1.165, 1.54) is 31.3 Å². The lowest BCUT2D eigenvalue weighted by molar-refractivity contribution is 0.0378. The topological polar surface area (TPSA) is 407 Å². The van der Waals surface area contributed by atoms with Crippen molar-refractivity contribution in [1.29, 1.82) is 0 Å². The van der Waals surface area contributed by atoms with Gasteiger partial charge in [-0.2, -0.15) is 0 Å². The lowest BCUT2D eigenvalue weighted by atomic mass is 10.2. The average molecular weight is 1190 g/mol. The second-order valence-corrected chi connectivity index (χ2v) is 17.7. The van der Waals surface area contributed by atoms with E-state index in [4.69, 9.17) is 41.9 Å². The Kier molecular flexibility index (Phi) is 31.8. The summed E-state index contributed by atoms with van der Waals surface area (Å²) in [6.07, 6.45) is 11.6. The first-order valence-electron chi connectivity index (χ1n) is 26.8. The number of urea groups is 4. The van der Waals surface area contributed by atoms with Gasteiger partial charge in [0.1, 0.15) is 24.9 Å². The fraction of sp³-hybridized carbons (Fsp3) is 0.220. The summed E-state index contributed by atoms with van der Waals surface area (Å²) in [6.45, 7) is 8.22. The number of nitrogens with zero attached hydrogens (tertiary/aromatic N) is 8. The fourth-order valence-corrected chi connectivity index (χ4v) is 6.47. The Bertz CT molecular complexity index is 3080. The minimum absolute atomic E-state index is 0.0150. The van der Waals surface area contributed by atoms with Crippen LogP contribution in [0.15, 0.2) is 209 Å². The van der Waals surface area contributed by atoms with Gasteiger partial charge in [0.15, 0.2) is 0 Å². The van der Waals surface area contributed by atoms with Crippen molar-refractivity contribution in [1.82, 2.24) is 62.5 Å². The Hall–Kier alpha value is -10.9. The summed E-state index contributed by atoms with van der Waals surface area (Å²) in [5, 5.41) is 20.0. The van der Waals surface area contributed by atoms with Crippen LogP contribution in [0.5, 0.6) is 0 Å². The minimum Gasteiger partial charge on any atom is -0.369 e. The molecule has 4 heterocycles. The molecule has 0 saturated carbocycles. The number of pyridine rings is 4. The summed E-state index contributed by atoms with van der Waals surface area (Å²) in [6, 6.07) is 41.2. The van der Waals surface area contributed by atoms with Crippen LogP contribution in [-0.4, -0.2) is 107 Å². The van der Waals surface area contributed by atoms with Crippen molar-refractivity contribution in [2.45, 2.75) is 72.2 Å². The van der Waals surface area contributed by atoms with E-state index in [0.29, 0.717) is 42.6 Å². The van der Waals surface area contributed by atoms with Crippen molar-refractivity contribution in [3.63, 3.8) is 0 Å². The van der Waals surface area contributed by atoms with Crippen molar-refractivity contribution < 1.29 is 38.1 Å². The van der Waals surface area contributed by atoms with Crippen LogP contribution in [0.3, 0.4) is 0 Å². The summed E-state index contributed by atoms with van der Waals surface area (Å²) in [7, 11) is 1.48. The number of methoxy groups -OCH3 is 1. The number of nitrogens with one attached hydrogen (secondary N) is 8. The first-order valence-corrected chi connectivity index (χ1v) is 26.8. The molecule has 0 aliphatic heterocycles. The zero-order valence-corrected chi connectivity index (χ0v) is 48.7. The van der Waals surface area contributed by atoms with Crippen LogP contribution in [0.2, 0.25) is 0 Å². The van der Waals surface area contributed by atoms with Crippen molar-refractivity contribution in [2.75, 3.05) is 13.7 Å². The summed E-state index contributed by atoms with van der Waals surface area (Å²) in [5.74, 6) is -0.0766. The molecule has 458 valence electrons. The maximum absolute atomic E-state index is 11.8. The van der Waals surface area contributed by atoms with Crippen LogP contribution in [0.25, 0.3) is 0 Å². The van der Waals surface area contributed by atoms with E-state index >= 15 is 0 Å². The second-order valence-electron chi connectivity index (χ2n) is 17.7. The predicted molar refractivity (Wildman–Crippen MR) is 332 cm³/mol. The zero-order chi connectivity index (χ0) is 62.9. The highest BCUT2D eigenvalue weighted by Crippen LogP contribution is 2.10. The summed E-state index contributed by atoms with van der Waals surface area (Å²) in [4.78, 5) is 78.3. The zero-order valence-electron chi connectivity index (χ0n) is 48.7. The molecule has 4 unspecified atom stereocenters. The molecule has 4 atom stereocenters. The number of hydrogen-bond acceptors (Lipinski definition) is 16. The molecule has 7 aromatic rings. The smallest absolute Gasteiger partial charge is 0.323 e. The number of benzene rings is 3. The van der Waals surface area contributed by atoms with Crippen LogP contribution in [0, 0.1) is 0 Å². The van der Waals surface area contributed by atoms with Crippen LogP contribution in [-0.2, 0) is 38.6 Å². The number of rotatable bonds is 19. The number of aromatic nitrogens is 4. The van der Waals surface area contributed by atoms with Gasteiger partial charge in [-0.1, -0.05) is 91.0 Å². The van der Waals surface area contributed by atoms with E-state index in [-0.39, 0.29) is 23.8 Å². The Morgan fingerprint density at radius 3 is 0.943 bits per heavy atom. The quantitative estimate of drug-likeness (QED) is 0.0250. The molecule has 3 aromatic carbocycles. The molecule has 0 spiro atoms. The predicted octanol–water partition coefficient (Wildman–Crippen LogP) is 6.03. The van der Waals surface area contributed by atoms with Gasteiger partial charge in [-0.15, -0.1) is 0 Å². The summed E-state index contributed by atoms with van der Waals surface area (Å²) < 4.78 is 21.5. The van der Waals surface area contributed by atoms with Crippen LogP contribution in [0.4, 0.5) is 41.9 Å². The van der Waals surface area contributed by atoms with E-state index in [1.807, 2.05) is 91.0 Å². The van der Waals surface area contributed by atoms with Gasteiger partial charge < -0.3 is 63.1 Å². The molecule has 0 radical (unpaired) electrons. The number of carbonyl (C=O) groups is 4. The van der Waals surface area contributed by atoms with Crippen molar-refractivity contribution in [3.8, 4) is 0 Å². The maximum Gasteiger partial charge on any atom is 0.323 e. The SMILES string of the molecule is CC(NC(=O)NC(N)=Nc1cccnc1)OCCc1ccccc1.CC(NC(=O)NC(N)=Nc1cccnc1)OCc1ccccc1.CC(NC(=O)NC(N)=Nc1cccnc1)OCc1ccccc1.COC(C)NC(=O)NC(N)=Nc1cccnc1. The number of guanidine groups is 4. The molecular formula is C59H74N20O8. The molecule has 0 aliphatic rings. The highest BCUT2D eigenvalue weighted by atomic mass is 16.5. The van der Waals surface area contributed by atoms with Crippen LogP contribution in [0.1, 0.15) is 44.4 Å². The molecule has 0 aliphatic carbocycles. The van der Waals surface area contributed by atoms with Gasteiger partial charge in [-0.25, -0.2) is 39.1 Å². The largest absolute Gasteiger partial charge is 0.369 e. The van der Waals surface area contributed by atoms with Crippen LogP contribution >= 0.6 is 0 Å². The van der Waals surface area contributed by atoms with Gasteiger partial charge in [-0.3, -0.25) is 41.2 Å². The van der Waals surface area contributed by atoms with Crippen molar-refractivity contribution in [2.24, 2.45) is 42.9 Å². The summed E-state index contributed by atoms with van der Waals surface area (Å²) >= 11 is 0. The van der Waals surface area contributed by atoms with Gasteiger partial charge in [0.25, 0.3) is 0 Å². The van der Waals surface area contributed by atoms with Gasteiger partial charge in [0.05, 0.1) is 67.4 Å². The van der Waals surface area contributed by atoms with E-state index in [9.17, 15) is 19.2 Å². The van der Waals surface area contributed by atoms with Crippen molar-refractivity contribution in [3.05, 3.63) is 206 Å². The molecule has 28 heteroatoms. The minimum atomic E-state index is -0.490. The maximum atomic E-state index is 11.8.